The highest BCUT2D eigenvalue weighted by Crippen LogP contribution is 2.26. The van der Waals surface area contributed by atoms with Gasteiger partial charge in [-0.3, -0.25) is 4.79 Å². The van der Waals surface area contributed by atoms with Gasteiger partial charge in [-0.2, -0.15) is 0 Å². The zero-order valence-corrected chi connectivity index (χ0v) is 15.0. The molecule has 0 aliphatic heterocycles. The minimum Gasteiger partial charge on any atom is -0.346 e. The van der Waals surface area contributed by atoms with Gasteiger partial charge in [0.05, 0.1) is 12.5 Å². The fourth-order valence-electron chi connectivity index (χ4n) is 3.14. The standard InChI is InChI=1S/C22H24N2O/c1-16-10-11-18(3)20(14-16)23-22(25)15-21(24-12-6-7-13-24)19-9-5-4-8-17(19)2/h4-14,21H,15H2,1-3H3,(H,23,25). The molecule has 1 N–H and O–H groups in total. The fourth-order valence-corrected chi connectivity index (χ4v) is 3.14. The first-order valence-electron chi connectivity index (χ1n) is 8.59. The van der Waals surface area contributed by atoms with Crippen molar-refractivity contribution >= 4 is 11.6 Å². The molecule has 1 atom stereocenters. The second-order valence-electron chi connectivity index (χ2n) is 6.57. The zero-order chi connectivity index (χ0) is 17.8. The molecule has 1 unspecified atom stereocenters. The molecule has 0 fully saturated rings. The summed E-state index contributed by atoms with van der Waals surface area (Å²) in [6.45, 7) is 6.14. The van der Waals surface area contributed by atoms with Crippen LogP contribution < -0.4 is 5.32 Å². The lowest BCUT2D eigenvalue weighted by molar-refractivity contribution is -0.116. The Kier molecular flexibility index (Phi) is 5.03. The van der Waals surface area contributed by atoms with Crippen LogP contribution in [0, 0.1) is 20.8 Å². The molecule has 3 rings (SSSR count). The first-order valence-corrected chi connectivity index (χ1v) is 8.59. The Morgan fingerprint density at radius 2 is 1.68 bits per heavy atom. The van der Waals surface area contributed by atoms with Crippen LogP contribution in [0.5, 0.6) is 0 Å². The van der Waals surface area contributed by atoms with Gasteiger partial charge in [-0.15, -0.1) is 0 Å². The molecule has 25 heavy (non-hydrogen) atoms. The van der Waals surface area contributed by atoms with Gasteiger partial charge in [-0.25, -0.2) is 0 Å². The van der Waals surface area contributed by atoms with Gasteiger partial charge in [-0.1, -0.05) is 36.4 Å². The summed E-state index contributed by atoms with van der Waals surface area (Å²) in [6, 6.07) is 18.3. The Morgan fingerprint density at radius 1 is 0.960 bits per heavy atom. The predicted molar refractivity (Wildman–Crippen MR) is 103 cm³/mol. The third-order valence-electron chi connectivity index (χ3n) is 4.58. The van der Waals surface area contributed by atoms with E-state index < -0.39 is 0 Å². The molecule has 3 aromatic rings. The van der Waals surface area contributed by atoms with E-state index in [4.69, 9.17) is 0 Å². The third kappa shape index (κ3) is 4.00. The van der Waals surface area contributed by atoms with Gasteiger partial charge in [0, 0.05) is 18.1 Å². The molecule has 1 heterocycles. The van der Waals surface area contributed by atoms with Crippen LogP contribution in [0.3, 0.4) is 0 Å². The minimum absolute atomic E-state index is 0.0127. The summed E-state index contributed by atoms with van der Waals surface area (Å²) in [4.78, 5) is 12.7. The molecule has 1 amide bonds. The lowest BCUT2D eigenvalue weighted by atomic mass is 9.98. The molecule has 0 saturated heterocycles. The Hall–Kier alpha value is -2.81. The van der Waals surface area contributed by atoms with Gasteiger partial charge >= 0.3 is 0 Å². The maximum atomic E-state index is 12.7. The van der Waals surface area contributed by atoms with Crippen LogP contribution in [0.15, 0.2) is 67.0 Å². The molecule has 1 aromatic heterocycles. The highest BCUT2D eigenvalue weighted by atomic mass is 16.1. The van der Waals surface area contributed by atoms with Gasteiger partial charge in [0.25, 0.3) is 0 Å². The molecule has 0 saturated carbocycles. The van der Waals surface area contributed by atoms with E-state index in [1.807, 2.05) is 62.6 Å². The van der Waals surface area contributed by atoms with Crippen LogP contribution in [0.1, 0.15) is 34.7 Å². The van der Waals surface area contributed by atoms with Gasteiger partial charge in [0.15, 0.2) is 0 Å². The Bertz CT molecular complexity index is 865. The molecule has 3 nitrogen and oxygen atoms in total. The predicted octanol–water partition coefficient (Wildman–Crippen LogP) is 5.03. The topological polar surface area (TPSA) is 34.0 Å². The number of aryl methyl sites for hydroxylation is 3. The van der Waals surface area contributed by atoms with Crippen molar-refractivity contribution in [1.82, 2.24) is 4.57 Å². The van der Waals surface area contributed by atoms with Gasteiger partial charge in [0.1, 0.15) is 0 Å². The average molecular weight is 332 g/mol. The summed E-state index contributed by atoms with van der Waals surface area (Å²) in [5, 5.41) is 3.08. The van der Waals surface area contributed by atoms with Crippen molar-refractivity contribution in [2.75, 3.05) is 5.32 Å². The Morgan fingerprint density at radius 3 is 2.40 bits per heavy atom. The van der Waals surface area contributed by atoms with E-state index in [0.717, 1.165) is 16.8 Å². The first-order chi connectivity index (χ1) is 12.0. The monoisotopic (exact) mass is 332 g/mol. The van der Waals surface area contributed by atoms with Crippen molar-refractivity contribution < 1.29 is 4.79 Å². The fraction of sp³-hybridized carbons (Fsp3) is 0.227. The molecule has 128 valence electrons. The second-order valence-corrected chi connectivity index (χ2v) is 6.57. The average Bonchev–Trinajstić information content (AvgIpc) is 3.11. The summed E-state index contributed by atoms with van der Waals surface area (Å²) in [5.41, 5.74) is 5.48. The summed E-state index contributed by atoms with van der Waals surface area (Å²) < 4.78 is 2.10. The maximum Gasteiger partial charge on any atom is 0.226 e. The number of benzene rings is 2. The van der Waals surface area contributed by atoms with Gasteiger partial charge in [-0.05, 0) is 61.2 Å². The number of anilines is 1. The van der Waals surface area contributed by atoms with Crippen LogP contribution in [0.25, 0.3) is 0 Å². The van der Waals surface area contributed by atoms with Crippen molar-refractivity contribution in [1.29, 1.82) is 0 Å². The van der Waals surface area contributed by atoms with E-state index in [1.165, 1.54) is 11.1 Å². The summed E-state index contributed by atoms with van der Waals surface area (Å²) in [6.07, 6.45) is 4.43. The van der Waals surface area contributed by atoms with E-state index in [1.54, 1.807) is 0 Å². The normalized spacial score (nSPS) is 12.0. The number of aromatic nitrogens is 1. The van der Waals surface area contributed by atoms with E-state index in [0.29, 0.717) is 6.42 Å². The van der Waals surface area contributed by atoms with Crippen molar-refractivity contribution in [3.05, 3.63) is 89.2 Å². The molecule has 0 spiro atoms. The number of amides is 1. The lowest BCUT2D eigenvalue weighted by Gasteiger charge is -2.21. The zero-order valence-electron chi connectivity index (χ0n) is 15.0. The van der Waals surface area contributed by atoms with Crippen LogP contribution in [0.2, 0.25) is 0 Å². The smallest absolute Gasteiger partial charge is 0.226 e. The Balaban J connectivity index is 1.85. The first kappa shape index (κ1) is 17.0. The molecule has 0 bridgehead atoms. The van der Waals surface area contributed by atoms with Crippen LogP contribution in [-0.4, -0.2) is 10.5 Å². The minimum atomic E-state index is -0.0127. The number of carbonyl (C=O) groups is 1. The quantitative estimate of drug-likeness (QED) is 0.698. The van der Waals surface area contributed by atoms with Crippen molar-refractivity contribution in [3.63, 3.8) is 0 Å². The molecular formula is C22H24N2O. The van der Waals surface area contributed by atoms with Crippen molar-refractivity contribution in [3.8, 4) is 0 Å². The third-order valence-corrected chi connectivity index (χ3v) is 4.58. The molecule has 0 aliphatic rings. The van der Waals surface area contributed by atoms with E-state index in [9.17, 15) is 4.79 Å². The van der Waals surface area contributed by atoms with Crippen LogP contribution in [-0.2, 0) is 4.79 Å². The number of rotatable bonds is 5. The maximum absolute atomic E-state index is 12.7. The van der Waals surface area contributed by atoms with E-state index >= 15 is 0 Å². The second kappa shape index (κ2) is 7.39. The summed E-state index contributed by atoms with van der Waals surface area (Å²) in [5.74, 6) is 0.0238. The lowest BCUT2D eigenvalue weighted by Crippen LogP contribution is -2.20. The molecule has 0 radical (unpaired) electrons. The van der Waals surface area contributed by atoms with Gasteiger partial charge in [0.2, 0.25) is 5.91 Å². The van der Waals surface area contributed by atoms with E-state index in [2.05, 4.69) is 35.0 Å². The van der Waals surface area contributed by atoms with Crippen molar-refractivity contribution in [2.24, 2.45) is 0 Å². The molecule has 2 aromatic carbocycles. The molecular weight excluding hydrogens is 308 g/mol. The van der Waals surface area contributed by atoms with Gasteiger partial charge < -0.3 is 9.88 Å². The van der Waals surface area contributed by atoms with E-state index in [-0.39, 0.29) is 11.9 Å². The number of carbonyl (C=O) groups excluding carboxylic acids is 1. The van der Waals surface area contributed by atoms with Crippen LogP contribution in [0.4, 0.5) is 5.69 Å². The largest absolute Gasteiger partial charge is 0.346 e. The van der Waals surface area contributed by atoms with Crippen LogP contribution >= 0.6 is 0 Å². The Labute approximate surface area is 149 Å². The molecule has 0 aliphatic carbocycles. The summed E-state index contributed by atoms with van der Waals surface area (Å²) >= 11 is 0. The number of hydrogen-bond donors (Lipinski definition) is 1. The molecule has 3 heteroatoms. The number of nitrogens with zero attached hydrogens (tertiary/aromatic N) is 1. The summed E-state index contributed by atoms with van der Waals surface area (Å²) in [7, 11) is 0. The SMILES string of the molecule is Cc1ccc(C)c(NC(=O)CC(c2ccccc2C)n2cccc2)c1. The number of hydrogen-bond acceptors (Lipinski definition) is 1. The highest BCUT2D eigenvalue weighted by Gasteiger charge is 2.19. The highest BCUT2D eigenvalue weighted by molar-refractivity contribution is 5.92. The number of nitrogens with one attached hydrogen (secondary N) is 1. The van der Waals surface area contributed by atoms with Crippen molar-refractivity contribution in [2.45, 2.75) is 33.2 Å².